The van der Waals surface area contributed by atoms with Crippen LogP contribution in [0.15, 0.2) is 28.7 Å². The van der Waals surface area contributed by atoms with Crippen LogP contribution in [-0.2, 0) is 28.8 Å². The van der Waals surface area contributed by atoms with Crippen LogP contribution in [0.5, 0.6) is 5.75 Å². The summed E-state index contributed by atoms with van der Waals surface area (Å²) in [6, 6.07) is 7.91. The first kappa shape index (κ1) is 18.4. The van der Waals surface area contributed by atoms with Gasteiger partial charge in [0.25, 0.3) is 0 Å². The van der Waals surface area contributed by atoms with Gasteiger partial charge in [0.1, 0.15) is 5.75 Å². The van der Waals surface area contributed by atoms with Crippen molar-refractivity contribution >= 4 is 5.91 Å². The van der Waals surface area contributed by atoms with Gasteiger partial charge in [-0.1, -0.05) is 12.1 Å². The van der Waals surface area contributed by atoms with E-state index >= 15 is 0 Å². The van der Waals surface area contributed by atoms with E-state index in [-0.39, 0.29) is 12.0 Å². The Bertz CT molecular complexity index is 693. The van der Waals surface area contributed by atoms with Crippen LogP contribution in [0.25, 0.3) is 0 Å². The predicted molar refractivity (Wildman–Crippen MR) is 95.0 cm³/mol. The number of aromatic nitrogens is 2. The Kier molecular flexibility index (Phi) is 6.60. The number of hydrogen-bond acceptors (Lipinski definition) is 6. The molecule has 26 heavy (non-hydrogen) atoms. The Balaban J connectivity index is 1.37. The van der Waals surface area contributed by atoms with Crippen LogP contribution in [0.2, 0.25) is 0 Å². The van der Waals surface area contributed by atoms with E-state index in [2.05, 4.69) is 15.5 Å². The molecular formula is C19H25N3O4. The molecule has 1 aromatic carbocycles. The van der Waals surface area contributed by atoms with Crippen molar-refractivity contribution in [3.8, 4) is 5.75 Å². The van der Waals surface area contributed by atoms with E-state index in [1.807, 2.05) is 24.3 Å². The lowest BCUT2D eigenvalue weighted by Gasteiger charge is -2.10. The van der Waals surface area contributed by atoms with Gasteiger partial charge in [-0.05, 0) is 37.0 Å². The van der Waals surface area contributed by atoms with Gasteiger partial charge in [-0.15, -0.1) is 10.2 Å². The summed E-state index contributed by atoms with van der Waals surface area (Å²) in [7, 11) is 1.65. The van der Waals surface area contributed by atoms with Crippen molar-refractivity contribution in [2.75, 3.05) is 20.3 Å². The van der Waals surface area contributed by atoms with Gasteiger partial charge >= 0.3 is 0 Å². The van der Waals surface area contributed by atoms with Crippen molar-refractivity contribution in [2.45, 2.75) is 44.6 Å². The van der Waals surface area contributed by atoms with E-state index in [4.69, 9.17) is 13.9 Å². The standard InChI is InChI=1S/C19H25N3O4/c1-24-15-7-4-14(5-8-15)6-10-18-21-22-19(26-18)11-9-17(23)20-13-16-3-2-12-25-16/h4-5,7-8,16H,2-3,6,9-13H2,1H3,(H,20,23)/t16-/m0/s1. The van der Waals surface area contributed by atoms with Gasteiger partial charge in [-0.25, -0.2) is 0 Å². The maximum absolute atomic E-state index is 11.9. The lowest BCUT2D eigenvalue weighted by Crippen LogP contribution is -2.31. The van der Waals surface area contributed by atoms with Crippen LogP contribution in [-0.4, -0.2) is 42.5 Å². The lowest BCUT2D eigenvalue weighted by molar-refractivity contribution is -0.121. The van der Waals surface area contributed by atoms with Crippen molar-refractivity contribution in [3.63, 3.8) is 0 Å². The number of benzene rings is 1. The number of ether oxygens (including phenoxy) is 2. The number of carbonyl (C=O) groups is 1. The molecule has 7 heteroatoms. The van der Waals surface area contributed by atoms with E-state index in [1.54, 1.807) is 7.11 Å². The Morgan fingerprint density at radius 3 is 2.65 bits per heavy atom. The Morgan fingerprint density at radius 2 is 1.96 bits per heavy atom. The first-order valence-corrected chi connectivity index (χ1v) is 9.05. The van der Waals surface area contributed by atoms with Gasteiger partial charge in [0.2, 0.25) is 17.7 Å². The fourth-order valence-corrected chi connectivity index (χ4v) is 2.88. The summed E-state index contributed by atoms with van der Waals surface area (Å²) >= 11 is 0. The third-order valence-corrected chi connectivity index (χ3v) is 4.41. The number of nitrogens with zero attached hydrogens (tertiary/aromatic N) is 2. The van der Waals surface area contributed by atoms with E-state index in [1.165, 1.54) is 5.56 Å². The highest BCUT2D eigenvalue weighted by Gasteiger charge is 2.16. The van der Waals surface area contributed by atoms with Crippen LogP contribution >= 0.6 is 0 Å². The zero-order chi connectivity index (χ0) is 18.2. The smallest absolute Gasteiger partial charge is 0.220 e. The molecule has 0 unspecified atom stereocenters. The molecule has 1 amide bonds. The van der Waals surface area contributed by atoms with Gasteiger partial charge in [-0.2, -0.15) is 0 Å². The molecule has 2 aromatic rings. The molecule has 140 valence electrons. The summed E-state index contributed by atoms with van der Waals surface area (Å²) in [5, 5.41) is 11.0. The quantitative estimate of drug-likeness (QED) is 0.738. The number of hydrogen-bond donors (Lipinski definition) is 1. The summed E-state index contributed by atoms with van der Waals surface area (Å²) < 4.78 is 16.3. The number of carbonyl (C=O) groups excluding carboxylic acids is 1. The summed E-state index contributed by atoms with van der Waals surface area (Å²) in [5.41, 5.74) is 1.18. The van der Waals surface area contributed by atoms with Gasteiger partial charge in [0.15, 0.2) is 0 Å². The molecule has 1 atom stereocenters. The zero-order valence-electron chi connectivity index (χ0n) is 15.1. The molecule has 1 aliphatic rings. The number of aryl methyl sites for hydroxylation is 3. The van der Waals surface area contributed by atoms with Gasteiger partial charge in [0.05, 0.1) is 13.2 Å². The number of nitrogens with one attached hydrogen (secondary N) is 1. The highest BCUT2D eigenvalue weighted by molar-refractivity contribution is 5.76. The van der Waals surface area contributed by atoms with Crippen LogP contribution < -0.4 is 10.1 Å². The first-order chi connectivity index (χ1) is 12.7. The van der Waals surface area contributed by atoms with Crippen molar-refractivity contribution in [2.24, 2.45) is 0 Å². The monoisotopic (exact) mass is 359 g/mol. The average molecular weight is 359 g/mol. The Hall–Kier alpha value is -2.41. The molecule has 2 heterocycles. The minimum Gasteiger partial charge on any atom is -0.497 e. The second kappa shape index (κ2) is 9.33. The van der Waals surface area contributed by atoms with Crippen LogP contribution in [0.3, 0.4) is 0 Å². The van der Waals surface area contributed by atoms with E-state index in [0.29, 0.717) is 37.6 Å². The molecule has 0 aliphatic carbocycles. The van der Waals surface area contributed by atoms with E-state index in [0.717, 1.165) is 31.6 Å². The highest BCUT2D eigenvalue weighted by Crippen LogP contribution is 2.14. The molecule has 0 saturated carbocycles. The fraction of sp³-hybridized carbons (Fsp3) is 0.526. The second-order valence-electron chi connectivity index (χ2n) is 6.38. The Morgan fingerprint density at radius 1 is 1.19 bits per heavy atom. The van der Waals surface area contributed by atoms with Crippen LogP contribution in [0, 0.1) is 0 Å². The minimum atomic E-state index is -0.0153. The average Bonchev–Trinajstić information content (AvgIpc) is 3.35. The molecule has 7 nitrogen and oxygen atoms in total. The third-order valence-electron chi connectivity index (χ3n) is 4.41. The first-order valence-electron chi connectivity index (χ1n) is 9.05. The van der Waals surface area contributed by atoms with Crippen LogP contribution in [0.1, 0.15) is 36.6 Å². The maximum atomic E-state index is 11.9. The minimum absolute atomic E-state index is 0.0153. The molecule has 1 aliphatic heterocycles. The van der Waals surface area contributed by atoms with E-state index in [9.17, 15) is 4.79 Å². The molecule has 0 bridgehead atoms. The Labute approximate surface area is 153 Å². The van der Waals surface area contributed by atoms with Crippen molar-refractivity contribution in [1.29, 1.82) is 0 Å². The fourth-order valence-electron chi connectivity index (χ4n) is 2.88. The highest BCUT2D eigenvalue weighted by atomic mass is 16.5. The predicted octanol–water partition coefficient (Wildman–Crippen LogP) is 2.09. The molecule has 1 fully saturated rings. The summed E-state index contributed by atoms with van der Waals surface area (Å²) in [6.07, 6.45) is 4.52. The van der Waals surface area contributed by atoms with Crippen LogP contribution in [0.4, 0.5) is 0 Å². The molecular weight excluding hydrogens is 334 g/mol. The maximum Gasteiger partial charge on any atom is 0.220 e. The topological polar surface area (TPSA) is 86.5 Å². The van der Waals surface area contributed by atoms with Gasteiger partial charge < -0.3 is 19.2 Å². The molecule has 1 aromatic heterocycles. The normalized spacial score (nSPS) is 16.6. The molecule has 1 saturated heterocycles. The van der Waals surface area contributed by atoms with Crippen molar-refractivity contribution < 1.29 is 18.7 Å². The van der Waals surface area contributed by atoms with Crippen molar-refractivity contribution in [3.05, 3.63) is 41.6 Å². The summed E-state index contributed by atoms with van der Waals surface area (Å²) in [5.74, 6) is 1.92. The molecule has 1 N–H and O–H groups in total. The van der Waals surface area contributed by atoms with Gasteiger partial charge in [-0.3, -0.25) is 4.79 Å². The van der Waals surface area contributed by atoms with Crippen molar-refractivity contribution in [1.82, 2.24) is 15.5 Å². The molecule has 0 radical (unpaired) electrons. The molecule has 3 rings (SSSR count). The number of amides is 1. The number of rotatable bonds is 9. The lowest BCUT2D eigenvalue weighted by atomic mass is 10.1. The second-order valence-corrected chi connectivity index (χ2v) is 6.38. The van der Waals surface area contributed by atoms with E-state index < -0.39 is 0 Å². The zero-order valence-corrected chi connectivity index (χ0v) is 15.1. The SMILES string of the molecule is COc1ccc(CCc2nnc(CCC(=O)NC[C@@H]3CCCO3)o2)cc1. The third kappa shape index (κ3) is 5.56. The summed E-state index contributed by atoms with van der Waals surface area (Å²) in [6.45, 7) is 1.37. The largest absolute Gasteiger partial charge is 0.497 e. The summed E-state index contributed by atoms with van der Waals surface area (Å²) in [4.78, 5) is 11.9. The van der Waals surface area contributed by atoms with Gasteiger partial charge in [0, 0.05) is 32.4 Å². The molecule has 0 spiro atoms. The number of methoxy groups -OCH3 is 1.